The van der Waals surface area contributed by atoms with Crippen molar-refractivity contribution in [2.75, 3.05) is 26.1 Å². The lowest BCUT2D eigenvalue weighted by Gasteiger charge is -2.02. The fraction of sp³-hybridized carbons (Fsp3) is 0.235. The number of ether oxygens (including phenoxy) is 1. The fourth-order valence-corrected chi connectivity index (χ4v) is 2.77. The van der Waals surface area contributed by atoms with Gasteiger partial charge in [-0.3, -0.25) is 15.5 Å². The third-order valence-electron chi connectivity index (χ3n) is 3.10. The lowest BCUT2D eigenvalue weighted by atomic mass is 10.3. The Morgan fingerprint density at radius 3 is 2.67 bits per heavy atom. The number of rotatable bonds is 8. The van der Waals surface area contributed by atoms with Crippen molar-refractivity contribution < 1.29 is 14.5 Å². The average Bonchev–Trinajstić information content (AvgIpc) is 3.04. The van der Waals surface area contributed by atoms with Crippen LogP contribution in [0.4, 0.5) is 16.4 Å². The molecule has 0 amide bonds. The number of carbonyl (C=O) groups is 1. The highest BCUT2D eigenvalue weighted by Crippen LogP contribution is 2.30. The van der Waals surface area contributed by atoms with Crippen LogP contribution in [0.25, 0.3) is 0 Å². The summed E-state index contributed by atoms with van der Waals surface area (Å²) >= 11 is 1.29. The molecule has 2 aromatic rings. The molecular formula is C17H19N5O4S. The lowest BCUT2D eigenvalue weighted by Crippen LogP contribution is -2.07. The van der Waals surface area contributed by atoms with E-state index in [-0.39, 0.29) is 12.3 Å². The van der Waals surface area contributed by atoms with Gasteiger partial charge in [-0.15, -0.1) is 11.3 Å². The molecule has 0 fully saturated rings. The Labute approximate surface area is 160 Å². The maximum atomic E-state index is 12.1. The van der Waals surface area contributed by atoms with E-state index in [0.717, 1.165) is 0 Å². The van der Waals surface area contributed by atoms with Gasteiger partial charge in [-0.05, 0) is 25.1 Å². The maximum Gasteiger partial charge on any atom is 0.341 e. The van der Waals surface area contributed by atoms with E-state index in [2.05, 4.69) is 15.5 Å². The molecule has 2 rings (SSSR count). The van der Waals surface area contributed by atoms with Gasteiger partial charge in [-0.2, -0.15) is 5.10 Å². The molecule has 1 heterocycles. The summed E-state index contributed by atoms with van der Waals surface area (Å²) in [4.78, 5) is 29.0. The maximum absolute atomic E-state index is 12.1. The second kappa shape index (κ2) is 9.43. The quantitative estimate of drug-likeness (QED) is 0.243. The van der Waals surface area contributed by atoms with Crippen LogP contribution in [0.3, 0.4) is 0 Å². The number of nitrogens with one attached hydrogen (secondary N) is 1. The second-order valence-electron chi connectivity index (χ2n) is 5.47. The van der Waals surface area contributed by atoms with Gasteiger partial charge < -0.3 is 9.64 Å². The average molecular weight is 389 g/mol. The second-order valence-corrected chi connectivity index (χ2v) is 6.53. The Hall–Kier alpha value is -3.27. The minimum atomic E-state index is -0.467. The number of non-ortho nitro benzene ring substituents is 1. The Kier molecular flexibility index (Phi) is 7.00. The van der Waals surface area contributed by atoms with E-state index >= 15 is 0 Å². The summed E-state index contributed by atoms with van der Waals surface area (Å²) in [5.41, 5.74) is 3.76. The SMILES string of the molecule is CCOC(=O)c1cc(/C=N/Nc2ccc([N+](=O)[O-])cc2)sc1/N=C/N(C)C. The zero-order valence-electron chi connectivity index (χ0n) is 15.1. The third-order valence-corrected chi connectivity index (χ3v) is 4.07. The van der Waals surface area contributed by atoms with Gasteiger partial charge in [0.05, 0.1) is 40.2 Å². The standard InChI is InChI=1S/C17H19N5O4S/c1-4-26-17(23)15-9-14(27-16(15)18-11-21(2)3)10-19-20-12-5-7-13(8-6-12)22(24)25/h5-11,20H,4H2,1-3H3/b18-11+,19-10+. The number of nitro groups is 1. The molecular weight excluding hydrogens is 370 g/mol. The van der Waals surface area contributed by atoms with E-state index < -0.39 is 10.9 Å². The van der Waals surface area contributed by atoms with E-state index in [9.17, 15) is 14.9 Å². The molecule has 0 radical (unpaired) electrons. The monoisotopic (exact) mass is 389 g/mol. The molecule has 0 unspecified atom stereocenters. The predicted molar refractivity (Wildman–Crippen MR) is 106 cm³/mol. The van der Waals surface area contributed by atoms with Crippen LogP contribution in [0.2, 0.25) is 0 Å². The molecule has 1 N–H and O–H groups in total. The van der Waals surface area contributed by atoms with E-state index in [4.69, 9.17) is 4.74 Å². The topological polar surface area (TPSA) is 109 Å². The number of hydrogen-bond acceptors (Lipinski definition) is 8. The molecule has 9 nitrogen and oxygen atoms in total. The van der Waals surface area contributed by atoms with Crippen LogP contribution >= 0.6 is 11.3 Å². The molecule has 0 saturated carbocycles. The van der Waals surface area contributed by atoms with Gasteiger partial charge in [-0.25, -0.2) is 9.79 Å². The van der Waals surface area contributed by atoms with Crippen LogP contribution in [0.5, 0.6) is 0 Å². The molecule has 0 spiro atoms. The summed E-state index contributed by atoms with van der Waals surface area (Å²) in [5.74, 6) is -0.442. The molecule has 0 atom stereocenters. The highest BCUT2D eigenvalue weighted by Gasteiger charge is 2.16. The first-order valence-electron chi connectivity index (χ1n) is 7.95. The smallest absolute Gasteiger partial charge is 0.341 e. The summed E-state index contributed by atoms with van der Waals surface area (Å²) in [6.45, 7) is 2.01. The number of hydrogen-bond donors (Lipinski definition) is 1. The van der Waals surface area contributed by atoms with Crippen molar-refractivity contribution in [1.29, 1.82) is 0 Å². The predicted octanol–water partition coefficient (Wildman–Crippen LogP) is 3.50. The van der Waals surface area contributed by atoms with Crippen LogP contribution in [0.1, 0.15) is 22.2 Å². The number of esters is 1. The highest BCUT2D eigenvalue weighted by molar-refractivity contribution is 7.17. The van der Waals surface area contributed by atoms with E-state index in [1.54, 1.807) is 42.6 Å². The number of aliphatic imine (C=N–C) groups is 1. The number of benzene rings is 1. The van der Waals surface area contributed by atoms with Crippen molar-refractivity contribution in [1.82, 2.24) is 4.90 Å². The molecule has 27 heavy (non-hydrogen) atoms. The zero-order chi connectivity index (χ0) is 19.8. The van der Waals surface area contributed by atoms with Crippen LogP contribution in [0, 0.1) is 10.1 Å². The summed E-state index contributed by atoms with van der Waals surface area (Å²) in [6.07, 6.45) is 3.15. The van der Waals surface area contributed by atoms with Gasteiger partial charge in [0.25, 0.3) is 5.69 Å². The minimum Gasteiger partial charge on any atom is -0.462 e. The first-order chi connectivity index (χ1) is 12.9. The summed E-state index contributed by atoms with van der Waals surface area (Å²) in [5, 5.41) is 15.3. The molecule has 0 aliphatic rings. The fourth-order valence-electron chi connectivity index (χ4n) is 1.91. The summed E-state index contributed by atoms with van der Waals surface area (Å²) < 4.78 is 5.06. The molecule has 0 aliphatic carbocycles. The van der Waals surface area contributed by atoms with Gasteiger partial charge in [-0.1, -0.05) is 0 Å². The molecule has 0 saturated heterocycles. The number of hydrazone groups is 1. The highest BCUT2D eigenvalue weighted by atomic mass is 32.1. The number of nitro benzene ring substituents is 1. The molecule has 0 aliphatic heterocycles. The third kappa shape index (κ3) is 5.89. The van der Waals surface area contributed by atoms with Crippen LogP contribution < -0.4 is 5.43 Å². The normalized spacial score (nSPS) is 11.1. The number of carbonyl (C=O) groups excluding carboxylic acids is 1. The Morgan fingerprint density at radius 2 is 2.07 bits per heavy atom. The van der Waals surface area contributed by atoms with Crippen molar-refractivity contribution in [3.63, 3.8) is 0 Å². The van der Waals surface area contributed by atoms with Crippen molar-refractivity contribution in [2.45, 2.75) is 6.92 Å². The first-order valence-corrected chi connectivity index (χ1v) is 8.77. The number of anilines is 1. The van der Waals surface area contributed by atoms with Crippen molar-refractivity contribution >= 4 is 46.2 Å². The van der Waals surface area contributed by atoms with E-state index in [1.165, 1.54) is 23.5 Å². The van der Waals surface area contributed by atoms with Gasteiger partial charge in [0, 0.05) is 26.2 Å². The van der Waals surface area contributed by atoms with Gasteiger partial charge in [0.15, 0.2) is 0 Å². The van der Waals surface area contributed by atoms with Crippen molar-refractivity contribution in [2.24, 2.45) is 10.1 Å². The van der Waals surface area contributed by atoms with Crippen molar-refractivity contribution in [3.8, 4) is 0 Å². The van der Waals surface area contributed by atoms with Crippen LogP contribution in [0.15, 0.2) is 40.4 Å². The number of nitrogens with zero attached hydrogens (tertiary/aromatic N) is 4. The summed E-state index contributed by atoms with van der Waals surface area (Å²) in [6, 6.07) is 7.54. The first kappa shape index (κ1) is 20.0. The Morgan fingerprint density at radius 1 is 1.37 bits per heavy atom. The summed E-state index contributed by atoms with van der Waals surface area (Å²) in [7, 11) is 3.66. The molecule has 142 valence electrons. The Bertz CT molecular complexity index is 859. The van der Waals surface area contributed by atoms with Crippen LogP contribution in [-0.2, 0) is 4.74 Å². The molecule has 1 aromatic carbocycles. The largest absolute Gasteiger partial charge is 0.462 e. The molecule has 10 heteroatoms. The van der Waals surface area contributed by atoms with E-state index in [1.807, 2.05) is 14.1 Å². The molecule has 1 aromatic heterocycles. The minimum absolute atomic E-state index is 0.00487. The zero-order valence-corrected chi connectivity index (χ0v) is 15.9. The van der Waals surface area contributed by atoms with Crippen LogP contribution in [-0.4, -0.2) is 49.0 Å². The lowest BCUT2D eigenvalue weighted by molar-refractivity contribution is -0.384. The van der Waals surface area contributed by atoms with Crippen molar-refractivity contribution in [3.05, 3.63) is 50.9 Å². The molecule has 0 bridgehead atoms. The van der Waals surface area contributed by atoms with Gasteiger partial charge in [0.1, 0.15) is 5.00 Å². The van der Waals surface area contributed by atoms with Gasteiger partial charge in [0.2, 0.25) is 0 Å². The number of thiophene rings is 1. The van der Waals surface area contributed by atoms with Gasteiger partial charge >= 0.3 is 5.97 Å². The Balaban J connectivity index is 2.14. The van der Waals surface area contributed by atoms with E-state index in [0.29, 0.717) is 21.1 Å².